The van der Waals surface area contributed by atoms with Crippen LogP contribution in [0.1, 0.15) is 44.5 Å². The molecule has 0 N–H and O–H groups in total. The Morgan fingerprint density at radius 3 is 1.07 bits per heavy atom. The van der Waals surface area contributed by atoms with Crippen LogP contribution >= 0.6 is 0 Å². The molecule has 0 fully saturated rings. The molecule has 3 aliphatic carbocycles. The molecule has 0 spiro atoms. The van der Waals surface area contributed by atoms with Crippen molar-refractivity contribution in [3.05, 3.63) is 378 Å². The molecule has 0 amide bonds. The number of benzene rings is 16. The van der Waals surface area contributed by atoms with Gasteiger partial charge in [0.2, 0.25) is 0 Å². The third kappa shape index (κ3) is 9.28. The summed E-state index contributed by atoms with van der Waals surface area (Å²) in [5.41, 5.74) is 36.2. The van der Waals surface area contributed by atoms with Gasteiger partial charge in [0, 0.05) is 112 Å². The van der Waals surface area contributed by atoms with Crippen LogP contribution in [0.4, 0.5) is 0 Å². The van der Waals surface area contributed by atoms with Gasteiger partial charge >= 0.3 is 0 Å². The number of aryl methyl sites for hydroxylation is 4. The molecule has 0 unspecified atom stereocenters. The van der Waals surface area contributed by atoms with Crippen LogP contribution in [-0.2, 0) is 33.4 Å². The minimum absolute atomic E-state index is 1.03. The van der Waals surface area contributed by atoms with Crippen LogP contribution in [0.25, 0.3) is 170 Å². The van der Waals surface area contributed by atoms with Crippen LogP contribution in [0.3, 0.4) is 0 Å². The van der Waals surface area contributed by atoms with Crippen molar-refractivity contribution < 1.29 is 0 Å². The van der Waals surface area contributed by atoms with Gasteiger partial charge in [-0.2, -0.15) is 0 Å². The van der Waals surface area contributed by atoms with Crippen molar-refractivity contribution in [1.82, 2.24) is 22.8 Å². The zero-order valence-electron chi connectivity index (χ0n) is 59.6. The summed E-state index contributed by atoms with van der Waals surface area (Å²) in [7, 11) is 4.36. The quantitative estimate of drug-likeness (QED) is 0.168. The van der Waals surface area contributed by atoms with E-state index in [4.69, 9.17) is 0 Å². The molecule has 0 saturated heterocycles. The van der Waals surface area contributed by atoms with Crippen molar-refractivity contribution in [2.75, 3.05) is 0 Å². The van der Waals surface area contributed by atoms with Crippen molar-refractivity contribution in [1.29, 1.82) is 0 Å². The van der Waals surface area contributed by atoms with Gasteiger partial charge in [-0.25, -0.2) is 0 Å². The fraction of sp³-hybridized carbons (Fsp3) is 0.0693. The molecule has 5 aromatic heterocycles. The van der Waals surface area contributed by atoms with Gasteiger partial charge < -0.3 is 22.8 Å². The number of hydrogen-bond acceptors (Lipinski definition) is 0. The average Bonchev–Trinajstić information content (AvgIpc) is 1.54. The first kappa shape index (κ1) is 61.4. The summed E-state index contributed by atoms with van der Waals surface area (Å²) >= 11 is 0. The number of rotatable bonds is 3. The van der Waals surface area contributed by atoms with E-state index in [1.54, 1.807) is 0 Å². The van der Waals surface area contributed by atoms with E-state index in [9.17, 15) is 0 Å². The Morgan fingerprint density at radius 2 is 0.557 bits per heavy atom. The molecular formula is C101H73N5. The van der Waals surface area contributed by atoms with Crippen LogP contribution < -0.4 is 0 Å². The highest BCUT2D eigenvalue weighted by Gasteiger charge is 2.29. The van der Waals surface area contributed by atoms with Crippen molar-refractivity contribution in [3.8, 4) is 50.4 Å². The first-order valence-electron chi connectivity index (χ1n) is 37.2. The number of aromatic nitrogens is 5. The van der Waals surface area contributed by atoms with Gasteiger partial charge in [-0.1, -0.05) is 254 Å². The van der Waals surface area contributed by atoms with E-state index < -0.39 is 0 Å². The minimum Gasteiger partial charge on any atom is -0.344 e. The topological polar surface area (TPSA) is 24.6 Å². The molecule has 5 heterocycles. The van der Waals surface area contributed by atoms with Gasteiger partial charge in [0.1, 0.15) is 0 Å². The van der Waals surface area contributed by atoms with E-state index in [1.165, 1.54) is 215 Å². The second-order valence-electron chi connectivity index (χ2n) is 29.2. The number of fused-ring (bicyclic) bond motifs is 31. The van der Waals surface area contributed by atoms with Crippen LogP contribution in [0.5, 0.6) is 0 Å². The average molecular weight is 1360 g/mol. The lowest BCUT2D eigenvalue weighted by Gasteiger charge is -2.11. The Bertz CT molecular complexity index is 7210. The fourth-order valence-corrected chi connectivity index (χ4v) is 18.7. The predicted molar refractivity (Wildman–Crippen MR) is 448 cm³/mol. The van der Waals surface area contributed by atoms with Crippen molar-refractivity contribution >= 4 is 120 Å². The van der Waals surface area contributed by atoms with Crippen LogP contribution in [-0.4, -0.2) is 22.8 Å². The van der Waals surface area contributed by atoms with E-state index in [2.05, 4.69) is 384 Å². The molecule has 5 heteroatoms. The van der Waals surface area contributed by atoms with Gasteiger partial charge in [0.25, 0.3) is 0 Å². The van der Waals surface area contributed by atoms with E-state index in [0.29, 0.717) is 0 Å². The van der Waals surface area contributed by atoms with E-state index in [0.717, 1.165) is 19.3 Å². The van der Waals surface area contributed by atoms with Crippen molar-refractivity contribution in [3.63, 3.8) is 0 Å². The van der Waals surface area contributed by atoms with Gasteiger partial charge in [-0.3, -0.25) is 0 Å². The summed E-state index contributed by atoms with van der Waals surface area (Å²) < 4.78 is 11.9. The summed E-state index contributed by atoms with van der Waals surface area (Å²) in [6, 6.07) is 121. The molecule has 0 radical (unpaired) electrons. The standard InChI is InChI=1S/C29H20N2.2C26H19N.C20H15N/c1-30-24-17-9-7-15-22(24)26-27-23-16-8-10-18-25(23)31(19-11-3-2-4-12-19)29(27)21-14-6-5-13-20(21)28(26)30;1-17-7-6-9-20(15-17)27-23-12-5-4-11-22(23)26-24(27)14-13-19-16-18-8-2-3-10-21(18)25(19)26;1-17-10-13-20(14-11-17)27-23-9-5-4-8-22(23)26-24(27)15-12-19-16-18-6-2-3-7-21(18)25(19)26;1-21-17-9-5-4-8-16(17)20-18(21)11-10-14-12-13-6-2-3-7-15(13)19(14)20/h2-18H,1H3;2*2-15H,16H2,1H3;2-11H,12H2,1H3. The van der Waals surface area contributed by atoms with Crippen molar-refractivity contribution in [2.24, 2.45) is 14.1 Å². The predicted octanol–water partition coefficient (Wildman–Crippen LogP) is 25.8. The summed E-state index contributed by atoms with van der Waals surface area (Å²) in [4.78, 5) is 0. The first-order valence-corrected chi connectivity index (χ1v) is 37.2. The largest absolute Gasteiger partial charge is 0.344 e. The van der Waals surface area contributed by atoms with Gasteiger partial charge in [-0.05, 0) is 190 Å². The van der Waals surface area contributed by atoms with Crippen LogP contribution in [0.15, 0.2) is 334 Å². The zero-order valence-corrected chi connectivity index (χ0v) is 59.6. The smallest absolute Gasteiger partial charge is 0.0627 e. The molecule has 0 saturated carbocycles. The lowest BCUT2D eigenvalue weighted by Crippen LogP contribution is -1.95. The number of para-hydroxylation sites is 6. The van der Waals surface area contributed by atoms with E-state index in [-0.39, 0.29) is 0 Å². The van der Waals surface area contributed by atoms with Gasteiger partial charge in [-0.15, -0.1) is 0 Å². The third-order valence-corrected chi connectivity index (χ3v) is 23.3. The highest BCUT2D eigenvalue weighted by atomic mass is 15.0. The maximum Gasteiger partial charge on any atom is 0.0627 e. The van der Waals surface area contributed by atoms with Gasteiger partial charge in [0.15, 0.2) is 0 Å². The summed E-state index contributed by atoms with van der Waals surface area (Å²) in [5.74, 6) is 0. The van der Waals surface area contributed by atoms with Gasteiger partial charge in [0.05, 0.1) is 38.6 Å². The van der Waals surface area contributed by atoms with Crippen molar-refractivity contribution in [2.45, 2.75) is 33.1 Å². The van der Waals surface area contributed by atoms with Crippen LogP contribution in [0.2, 0.25) is 0 Å². The molecule has 502 valence electrons. The molecule has 21 aromatic rings. The first-order chi connectivity index (χ1) is 52.3. The second kappa shape index (κ2) is 24.2. The molecule has 0 atom stereocenters. The molecule has 0 bridgehead atoms. The number of nitrogens with zero attached hydrogens (tertiary/aromatic N) is 5. The summed E-state index contributed by atoms with van der Waals surface area (Å²) in [6.45, 7) is 4.30. The lowest BCUT2D eigenvalue weighted by atomic mass is 9.99. The Hall–Kier alpha value is -13.2. The maximum atomic E-state index is 2.44. The highest BCUT2D eigenvalue weighted by molar-refractivity contribution is 6.37. The molecule has 0 aliphatic heterocycles. The molecule has 106 heavy (non-hydrogen) atoms. The Balaban J connectivity index is 0.0000000915. The second-order valence-corrected chi connectivity index (χ2v) is 29.2. The molecule has 3 aliphatic rings. The molecule has 24 rings (SSSR count). The monoisotopic (exact) mass is 1360 g/mol. The zero-order chi connectivity index (χ0) is 70.4. The SMILES string of the molecule is Cc1ccc(-n2c3ccccc3c3c4c(ccc32)Cc2ccccc2-4)cc1.Cc1cccc(-n2c3ccccc3c3c4c(ccc32)Cc2ccccc2-4)c1.Cn1c2ccccc2c2c3c(ccc21)Cc1ccccc1-3.Cn1c2ccccc2c2c3c4ccccc4n(-c4ccccc4)c3c3ccccc3c21. The minimum atomic E-state index is 1.03. The Labute approximate surface area is 614 Å². The molecule has 16 aromatic carbocycles. The third-order valence-electron chi connectivity index (χ3n) is 23.3. The highest BCUT2D eigenvalue weighted by Crippen LogP contribution is 2.50. The fourth-order valence-electron chi connectivity index (χ4n) is 18.7. The summed E-state index contributed by atoms with van der Waals surface area (Å²) in [5, 5.41) is 16.1. The molecule has 5 nitrogen and oxygen atoms in total. The molecular weight excluding hydrogens is 1280 g/mol. The normalized spacial score (nSPS) is 12.4. The lowest BCUT2D eigenvalue weighted by molar-refractivity contribution is 1.01. The Kier molecular flexibility index (Phi) is 14.0. The van der Waals surface area contributed by atoms with E-state index >= 15 is 0 Å². The maximum absolute atomic E-state index is 2.44. The van der Waals surface area contributed by atoms with Crippen LogP contribution in [0, 0.1) is 13.8 Å². The Morgan fingerprint density at radius 1 is 0.208 bits per heavy atom. The summed E-state index contributed by atoms with van der Waals surface area (Å²) in [6.07, 6.45) is 3.13. The van der Waals surface area contributed by atoms with E-state index in [1.807, 2.05) is 0 Å². The number of hydrogen-bond donors (Lipinski definition) is 0.